The fraction of sp³-hybridized carbons (Fsp3) is 0.778. The minimum absolute atomic E-state index is 0.0527. The van der Waals surface area contributed by atoms with Crippen LogP contribution in [0.5, 0.6) is 0 Å². The Morgan fingerprint density at radius 2 is 2.23 bits per heavy atom. The summed E-state index contributed by atoms with van der Waals surface area (Å²) >= 11 is 1.23. The third-order valence-electron chi connectivity index (χ3n) is 1.98. The predicted octanol–water partition coefficient (Wildman–Crippen LogP) is 1.61. The normalized spacial score (nSPS) is 24.8. The quantitative estimate of drug-likeness (QED) is 0.515. The van der Waals surface area contributed by atoms with E-state index in [1.807, 2.05) is 6.92 Å². The summed E-state index contributed by atoms with van der Waals surface area (Å²) in [4.78, 5) is 22.5. The molecule has 0 saturated carbocycles. The fourth-order valence-electron chi connectivity index (χ4n) is 1.27. The number of hydrogen-bond acceptors (Lipinski definition) is 4. The van der Waals surface area contributed by atoms with Crippen molar-refractivity contribution in [3.63, 3.8) is 0 Å². The van der Waals surface area contributed by atoms with E-state index >= 15 is 0 Å². The van der Waals surface area contributed by atoms with E-state index in [2.05, 4.69) is 0 Å². The first-order valence-electron chi connectivity index (χ1n) is 4.38. The van der Waals surface area contributed by atoms with Gasteiger partial charge in [0.1, 0.15) is 5.60 Å². The average Bonchev–Trinajstić information content (AvgIpc) is 1.98. The SMILES string of the molecule is CCCSC(=O)[C@H]1C(=O)OC1(C)C. The molecule has 0 radical (unpaired) electrons. The summed E-state index contributed by atoms with van der Waals surface area (Å²) in [6, 6.07) is 0. The Hall–Kier alpha value is -0.510. The molecule has 1 aliphatic heterocycles. The minimum Gasteiger partial charge on any atom is -0.458 e. The third-order valence-corrected chi connectivity index (χ3v) is 3.11. The molecule has 1 heterocycles. The van der Waals surface area contributed by atoms with Crippen LogP contribution in [-0.2, 0) is 14.3 Å². The van der Waals surface area contributed by atoms with Crippen LogP contribution in [0.15, 0.2) is 0 Å². The molecule has 0 N–H and O–H groups in total. The molecule has 0 bridgehead atoms. The Balaban J connectivity index is 2.51. The van der Waals surface area contributed by atoms with Gasteiger partial charge >= 0.3 is 5.97 Å². The lowest BCUT2D eigenvalue weighted by Gasteiger charge is -2.40. The lowest BCUT2D eigenvalue weighted by atomic mass is 9.86. The summed E-state index contributed by atoms with van der Waals surface area (Å²) in [5.74, 6) is -0.152. The van der Waals surface area contributed by atoms with E-state index in [-0.39, 0.29) is 11.1 Å². The number of esters is 1. The molecule has 1 rings (SSSR count). The first-order valence-corrected chi connectivity index (χ1v) is 5.37. The number of ether oxygens (including phenoxy) is 1. The van der Waals surface area contributed by atoms with Crippen LogP contribution in [-0.4, -0.2) is 22.4 Å². The summed E-state index contributed by atoms with van der Waals surface area (Å²) in [5, 5.41) is -0.0527. The highest BCUT2D eigenvalue weighted by atomic mass is 32.2. The van der Waals surface area contributed by atoms with E-state index in [4.69, 9.17) is 4.74 Å². The molecule has 0 spiro atoms. The van der Waals surface area contributed by atoms with Gasteiger partial charge in [-0.25, -0.2) is 0 Å². The summed E-state index contributed by atoms with van der Waals surface area (Å²) in [6.45, 7) is 5.54. The van der Waals surface area contributed by atoms with Crippen LogP contribution in [0.1, 0.15) is 27.2 Å². The van der Waals surface area contributed by atoms with Crippen LogP contribution >= 0.6 is 11.8 Å². The maximum absolute atomic E-state index is 11.5. The molecule has 0 aromatic heterocycles. The highest BCUT2D eigenvalue weighted by molar-refractivity contribution is 8.13. The molecule has 0 unspecified atom stereocenters. The minimum atomic E-state index is -0.588. The van der Waals surface area contributed by atoms with Crippen molar-refractivity contribution < 1.29 is 14.3 Å². The number of thioether (sulfide) groups is 1. The van der Waals surface area contributed by atoms with Gasteiger partial charge in [-0.3, -0.25) is 9.59 Å². The Morgan fingerprint density at radius 3 is 2.62 bits per heavy atom. The average molecular weight is 202 g/mol. The lowest BCUT2D eigenvalue weighted by Crippen LogP contribution is -2.56. The lowest BCUT2D eigenvalue weighted by molar-refractivity contribution is -0.201. The topological polar surface area (TPSA) is 43.4 Å². The fourth-order valence-corrected chi connectivity index (χ4v) is 2.22. The Bertz CT molecular complexity index is 235. The maximum atomic E-state index is 11.5. The molecule has 3 nitrogen and oxygen atoms in total. The van der Waals surface area contributed by atoms with E-state index in [1.165, 1.54) is 11.8 Å². The molecule has 1 atom stereocenters. The molecular formula is C9H14O3S. The van der Waals surface area contributed by atoms with Crippen LogP contribution in [0.4, 0.5) is 0 Å². The van der Waals surface area contributed by atoms with Crippen LogP contribution in [0.3, 0.4) is 0 Å². The van der Waals surface area contributed by atoms with Crippen molar-refractivity contribution in [2.45, 2.75) is 32.8 Å². The second-order valence-corrected chi connectivity index (χ2v) is 4.72. The zero-order valence-electron chi connectivity index (χ0n) is 8.12. The van der Waals surface area contributed by atoms with E-state index in [0.717, 1.165) is 12.2 Å². The van der Waals surface area contributed by atoms with Crippen molar-refractivity contribution in [2.24, 2.45) is 5.92 Å². The highest BCUT2D eigenvalue weighted by Gasteiger charge is 2.53. The summed E-state index contributed by atoms with van der Waals surface area (Å²) in [5.41, 5.74) is -0.588. The van der Waals surface area contributed by atoms with Crippen LogP contribution < -0.4 is 0 Å². The van der Waals surface area contributed by atoms with E-state index < -0.39 is 11.5 Å². The van der Waals surface area contributed by atoms with Gasteiger partial charge in [-0.15, -0.1) is 0 Å². The van der Waals surface area contributed by atoms with Crippen LogP contribution in [0.2, 0.25) is 0 Å². The first-order chi connectivity index (χ1) is 5.99. The standard InChI is InChI=1S/C9H14O3S/c1-4-5-13-8(11)6-7(10)12-9(6,2)3/h6H,4-5H2,1-3H3/t6-/m1/s1. The second kappa shape index (κ2) is 3.70. The van der Waals surface area contributed by atoms with Gasteiger partial charge in [-0.05, 0) is 20.3 Å². The van der Waals surface area contributed by atoms with Gasteiger partial charge < -0.3 is 4.74 Å². The van der Waals surface area contributed by atoms with Crippen molar-refractivity contribution in [3.8, 4) is 0 Å². The largest absolute Gasteiger partial charge is 0.458 e. The first kappa shape index (κ1) is 10.6. The number of hydrogen-bond donors (Lipinski definition) is 0. The van der Waals surface area contributed by atoms with Crippen LogP contribution in [0.25, 0.3) is 0 Å². The van der Waals surface area contributed by atoms with Gasteiger partial charge in [0.15, 0.2) is 5.92 Å². The molecule has 0 aliphatic carbocycles. The third kappa shape index (κ3) is 2.05. The highest BCUT2D eigenvalue weighted by Crippen LogP contribution is 2.36. The van der Waals surface area contributed by atoms with E-state index in [9.17, 15) is 9.59 Å². The Kier molecular flexibility index (Phi) is 3.01. The molecule has 1 fully saturated rings. The summed E-state index contributed by atoms with van der Waals surface area (Å²) < 4.78 is 4.87. The monoisotopic (exact) mass is 202 g/mol. The second-order valence-electron chi connectivity index (χ2n) is 3.63. The molecule has 0 aromatic carbocycles. The van der Waals surface area contributed by atoms with Gasteiger partial charge in [0.25, 0.3) is 0 Å². The molecule has 13 heavy (non-hydrogen) atoms. The van der Waals surface area contributed by atoms with Gasteiger partial charge in [0.05, 0.1) is 0 Å². The number of carbonyl (C=O) groups is 2. The molecule has 1 aliphatic rings. The molecule has 4 heteroatoms. The van der Waals surface area contributed by atoms with Gasteiger partial charge in [-0.2, -0.15) is 0 Å². The van der Waals surface area contributed by atoms with Crippen molar-refractivity contribution >= 4 is 22.8 Å². The zero-order chi connectivity index (χ0) is 10.1. The maximum Gasteiger partial charge on any atom is 0.322 e. The van der Waals surface area contributed by atoms with E-state index in [0.29, 0.717) is 0 Å². The van der Waals surface area contributed by atoms with Crippen molar-refractivity contribution in [1.29, 1.82) is 0 Å². The molecule has 74 valence electrons. The van der Waals surface area contributed by atoms with Crippen molar-refractivity contribution in [1.82, 2.24) is 0 Å². The van der Waals surface area contributed by atoms with Crippen molar-refractivity contribution in [2.75, 3.05) is 5.75 Å². The summed E-state index contributed by atoms with van der Waals surface area (Å²) in [6.07, 6.45) is 0.943. The van der Waals surface area contributed by atoms with Gasteiger partial charge in [0.2, 0.25) is 5.12 Å². The molecule has 0 aromatic rings. The molecule has 0 amide bonds. The number of rotatable bonds is 3. The van der Waals surface area contributed by atoms with Crippen molar-refractivity contribution in [3.05, 3.63) is 0 Å². The summed E-state index contributed by atoms with van der Waals surface area (Å²) in [7, 11) is 0. The molecule has 1 saturated heterocycles. The molecular weight excluding hydrogens is 188 g/mol. The Labute approximate surface area is 82.2 Å². The van der Waals surface area contributed by atoms with Crippen LogP contribution in [0, 0.1) is 5.92 Å². The zero-order valence-corrected chi connectivity index (χ0v) is 8.94. The number of carbonyl (C=O) groups excluding carboxylic acids is 2. The van der Waals surface area contributed by atoms with E-state index in [1.54, 1.807) is 13.8 Å². The Morgan fingerprint density at radius 1 is 1.62 bits per heavy atom. The smallest absolute Gasteiger partial charge is 0.322 e. The van der Waals surface area contributed by atoms with Gasteiger partial charge in [-0.1, -0.05) is 18.7 Å². The van der Waals surface area contributed by atoms with Gasteiger partial charge in [0, 0.05) is 5.75 Å². The predicted molar refractivity (Wildman–Crippen MR) is 51.4 cm³/mol. The number of cyclic esters (lactones) is 1.